The van der Waals surface area contributed by atoms with E-state index in [0.29, 0.717) is 11.7 Å². The number of piperidine rings is 1. The molecule has 1 saturated heterocycles. The predicted octanol–water partition coefficient (Wildman–Crippen LogP) is 2.14. The Hall–Kier alpha value is -2.09. The van der Waals surface area contributed by atoms with Crippen molar-refractivity contribution in [2.75, 3.05) is 23.3 Å². The molecule has 0 radical (unpaired) electrons. The van der Waals surface area contributed by atoms with Gasteiger partial charge < -0.3 is 10.2 Å². The van der Waals surface area contributed by atoms with Crippen LogP contribution in [0.4, 0.5) is 10.9 Å². The van der Waals surface area contributed by atoms with Crippen molar-refractivity contribution in [2.45, 2.75) is 32.6 Å². The minimum absolute atomic E-state index is 0.0118. The van der Waals surface area contributed by atoms with E-state index < -0.39 is 0 Å². The molecule has 2 aromatic rings. The van der Waals surface area contributed by atoms with Crippen molar-refractivity contribution in [1.82, 2.24) is 20.2 Å². The Labute approximate surface area is 139 Å². The largest absolute Gasteiger partial charge is 0.355 e. The molecule has 0 unspecified atom stereocenters. The number of hydrogen-bond acceptors (Lipinski definition) is 7. The van der Waals surface area contributed by atoms with E-state index in [1.54, 1.807) is 18.6 Å². The Morgan fingerprint density at radius 3 is 3.13 bits per heavy atom. The Balaban J connectivity index is 1.60. The van der Waals surface area contributed by atoms with Gasteiger partial charge in [-0.25, -0.2) is 4.98 Å². The van der Waals surface area contributed by atoms with Crippen LogP contribution in [-0.2, 0) is 11.2 Å². The summed E-state index contributed by atoms with van der Waals surface area (Å²) in [4.78, 5) is 23.0. The van der Waals surface area contributed by atoms with Crippen molar-refractivity contribution in [3.63, 3.8) is 0 Å². The van der Waals surface area contributed by atoms with E-state index in [0.717, 1.165) is 43.1 Å². The fraction of sp³-hybridized carbons (Fsp3) is 0.533. The van der Waals surface area contributed by atoms with Crippen LogP contribution in [-0.4, -0.2) is 39.2 Å². The molecule has 0 spiro atoms. The average molecular weight is 332 g/mol. The van der Waals surface area contributed by atoms with Gasteiger partial charge in [-0.3, -0.25) is 9.78 Å². The van der Waals surface area contributed by atoms with Gasteiger partial charge in [0, 0.05) is 31.9 Å². The molecule has 7 nitrogen and oxygen atoms in total. The molecule has 23 heavy (non-hydrogen) atoms. The monoisotopic (exact) mass is 332 g/mol. The van der Waals surface area contributed by atoms with Crippen LogP contribution < -0.4 is 10.2 Å². The number of carbonyl (C=O) groups excluding carboxylic acids is 1. The zero-order valence-corrected chi connectivity index (χ0v) is 13.9. The molecule has 2 aromatic heterocycles. The number of aromatic nitrogens is 4. The maximum atomic E-state index is 12.5. The smallest absolute Gasteiger partial charge is 0.231 e. The molecule has 1 N–H and O–H groups in total. The number of nitrogens with zero attached hydrogens (tertiary/aromatic N) is 5. The molecule has 1 amide bonds. The molecule has 0 aliphatic carbocycles. The maximum Gasteiger partial charge on any atom is 0.231 e. The lowest BCUT2D eigenvalue weighted by Gasteiger charge is -2.32. The van der Waals surface area contributed by atoms with Gasteiger partial charge in [-0.1, -0.05) is 18.3 Å². The summed E-state index contributed by atoms with van der Waals surface area (Å²) in [6.07, 6.45) is 8.84. The summed E-state index contributed by atoms with van der Waals surface area (Å²) >= 11 is 1.46. The van der Waals surface area contributed by atoms with Crippen molar-refractivity contribution in [2.24, 2.45) is 5.92 Å². The number of nitrogens with one attached hydrogen (secondary N) is 1. The molecule has 0 aromatic carbocycles. The molecule has 3 rings (SSSR count). The number of hydrogen-bond donors (Lipinski definition) is 1. The molecule has 1 aliphatic rings. The van der Waals surface area contributed by atoms with E-state index in [9.17, 15) is 4.79 Å². The van der Waals surface area contributed by atoms with Crippen molar-refractivity contribution in [3.05, 3.63) is 23.6 Å². The molecule has 1 atom stereocenters. The second-order valence-corrected chi connectivity index (χ2v) is 6.65. The summed E-state index contributed by atoms with van der Waals surface area (Å²) in [5.41, 5.74) is 0. The highest BCUT2D eigenvalue weighted by Gasteiger charge is 2.27. The zero-order chi connectivity index (χ0) is 16.1. The van der Waals surface area contributed by atoms with E-state index in [-0.39, 0.29) is 11.8 Å². The number of rotatable bonds is 5. The topological polar surface area (TPSA) is 83.9 Å². The van der Waals surface area contributed by atoms with Crippen LogP contribution in [0.1, 0.15) is 31.2 Å². The van der Waals surface area contributed by atoms with E-state index in [1.165, 1.54) is 11.3 Å². The minimum Gasteiger partial charge on any atom is -0.355 e. The van der Waals surface area contributed by atoms with Gasteiger partial charge in [0.15, 0.2) is 0 Å². The normalized spacial score (nSPS) is 18.0. The van der Waals surface area contributed by atoms with Gasteiger partial charge in [0.2, 0.25) is 11.0 Å². The van der Waals surface area contributed by atoms with Gasteiger partial charge in [-0.05, 0) is 19.3 Å². The second kappa shape index (κ2) is 7.45. The first-order valence-electron chi connectivity index (χ1n) is 7.90. The van der Waals surface area contributed by atoms with E-state index in [1.807, 2.05) is 0 Å². The summed E-state index contributed by atoms with van der Waals surface area (Å²) in [5, 5.41) is 12.6. The standard InChI is InChI=1S/C15H20N6OS/c1-2-4-13-19-20-15(23-13)18-14(22)11-5-3-8-21(10-11)12-9-16-6-7-17-12/h6-7,9,11H,2-5,8,10H2,1H3,(H,18,20,22)/t11-/m1/s1. The Morgan fingerprint density at radius 2 is 2.35 bits per heavy atom. The number of anilines is 2. The Kier molecular flexibility index (Phi) is 5.12. The van der Waals surface area contributed by atoms with Crippen molar-refractivity contribution in [1.29, 1.82) is 0 Å². The van der Waals surface area contributed by atoms with Gasteiger partial charge >= 0.3 is 0 Å². The summed E-state index contributed by atoms with van der Waals surface area (Å²) in [6, 6.07) is 0. The van der Waals surface area contributed by atoms with Crippen LogP contribution in [0.3, 0.4) is 0 Å². The van der Waals surface area contributed by atoms with Gasteiger partial charge in [0.1, 0.15) is 10.8 Å². The van der Waals surface area contributed by atoms with Crippen LogP contribution in [0.15, 0.2) is 18.6 Å². The van der Waals surface area contributed by atoms with Crippen LogP contribution in [0.2, 0.25) is 0 Å². The van der Waals surface area contributed by atoms with Crippen molar-refractivity contribution >= 4 is 28.2 Å². The highest BCUT2D eigenvalue weighted by atomic mass is 32.1. The lowest BCUT2D eigenvalue weighted by atomic mass is 9.97. The number of aryl methyl sites for hydroxylation is 1. The second-order valence-electron chi connectivity index (χ2n) is 5.59. The van der Waals surface area contributed by atoms with E-state index >= 15 is 0 Å². The first-order chi connectivity index (χ1) is 11.3. The fourth-order valence-corrected chi connectivity index (χ4v) is 3.52. The summed E-state index contributed by atoms with van der Waals surface area (Å²) in [7, 11) is 0. The number of amides is 1. The SMILES string of the molecule is CCCc1nnc(NC(=O)[C@@H]2CCCN(c3cnccn3)C2)s1. The zero-order valence-electron chi connectivity index (χ0n) is 13.1. The predicted molar refractivity (Wildman–Crippen MR) is 89.5 cm³/mol. The first kappa shape index (κ1) is 15.8. The average Bonchev–Trinajstić information content (AvgIpc) is 3.03. The highest BCUT2D eigenvalue weighted by molar-refractivity contribution is 7.15. The third-order valence-corrected chi connectivity index (χ3v) is 4.73. The molecular formula is C15H20N6OS. The quantitative estimate of drug-likeness (QED) is 0.903. The van der Waals surface area contributed by atoms with Gasteiger partial charge in [-0.15, -0.1) is 10.2 Å². The molecular weight excluding hydrogens is 312 g/mol. The lowest BCUT2D eigenvalue weighted by molar-refractivity contribution is -0.120. The Morgan fingerprint density at radius 1 is 1.43 bits per heavy atom. The third kappa shape index (κ3) is 4.01. The highest BCUT2D eigenvalue weighted by Crippen LogP contribution is 2.23. The molecule has 122 valence electrons. The first-order valence-corrected chi connectivity index (χ1v) is 8.72. The van der Waals surface area contributed by atoms with Crippen LogP contribution in [0.5, 0.6) is 0 Å². The van der Waals surface area contributed by atoms with Crippen LogP contribution in [0.25, 0.3) is 0 Å². The Bertz CT molecular complexity index is 646. The molecule has 0 saturated carbocycles. The molecule has 0 bridgehead atoms. The van der Waals surface area contributed by atoms with Crippen LogP contribution >= 0.6 is 11.3 Å². The van der Waals surface area contributed by atoms with E-state index in [4.69, 9.17) is 0 Å². The van der Waals surface area contributed by atoms with Crippen LogP contribution in [0, 0.1) is 5.92 Å². The van der Waals surface area contributed by atoms with Gasteiger partial charge in [-0.2, -0.15) is 0 Å². The fourth-order valence-electron chi connectivity index (χ4n) is 2.68. The minimum atomic E-state index is -0.0655. The summed E-state index contributed by atoms with van der Waals surface area (Å²) in [6.45, 7) is 3.66. The van der Waals surface area contributed by atoms with Crippen molar-refractivity contribution in [3.8, 4) is 0 Å². The molecule has 1 aliphatic heterocycles. The maximum absolute atomic E-state index is 12.5. The van der Waals surface area contributed by atoms with Crippen molar-refractivity contribution < 1.29 is 4.79 Å². The van der Waals surface area contributed by atoms with E-state index in [2.05, 4.69) is 37.3 Å². The molecule has 1 fully saturated rings. The van der Waals surface area contributed by atoms with Gasteiger partial charge in [0.25, 0.3) is 0 Å². The molecule has 8 heteroatoms. The lowest BCUT2D eigenvalue weighted by Crippen LogP contribution is -2.41. The summed E-state index contributed by atoms with van der Waals surface area (Å²) < 4.78 is 0. The summed E-state index contributed by atoms with van der Waals surface area (Å²) in [5.74, 6) is 0.771. The van der Waals surface area contributed by atoms with Gasteiger partial charge in [0.05, 0.1) is 12.1 Å². The third-order valence-electron chi connectivity index (χ3n) is 3.83. The number of carbonyl (C=O) groups is 1. The molecule has 3 heterocycles.